The highest BCUT2D eigenvalue weighted by Gasteiger charge is 2.17. The van der Waals surface area contributed by atoms with Crippen molar-refractivity contribution in [3.63, 3.8) is 0 Å². The van der Waals surface area contributed by atoms with Gasteiger partial charge >= 0.3 is 0 Å². The molecular formula is C11H20N4O. The lowest BCUT2D eigenvalue weighted by Crippen LogP contribution is -2.26. The molecule has 0 spiro atoms. The molecule has 2 heterocycles. The number of hydrogen-bond acceptors (Lipinski definition) is 4. The van der Waals surface area contributed by atoms with Crippen molar-refractivity contribution < 1.29 is 4.74 Å². The Balaban J connectivity index is 2.12. The molecule has 0 amide bonds. The van der Waals surface area contributed by atoms with Gasteiger partial charge < -0.3 is 15.0 Å². The molecule has 5 heteroatoms. The number of nitrogens with zero attached hydrogens (tertiary/aromatic N) is 3. The Morgan fingerprint density at radius 3 is 3.00 bits per heavy atom. The smallest absolute Gasteiger partial charge is 0.135 e. The minimum absolute atomic E-state index is 0.0524. The second kappa shape index (κ2) is 5.41. The van der Waals surface area contributed by atoms with Crippen LogP contribution in [0.15, 0.2) is 0 Å². The van der Waals surface area contributed by atoms with E-state index >= 15 is 0 Å². The van der Waals surface area contributed by atoms with E-state index in [4.69, 9.17) is 10.5 Å². The molecule has 0 aromatic carbocycles. The van der Waals surface area contributed by atoms with E-state index in [2.05, 4.69) is 14.8 Å². The largest absolute Gasteiger partial charge is 0.380 e. The number of aryl methyl sites for hydroxylation is 1. The second-order valence-corrected chi connectivity index (χ2v) is 4.29. The highest BCUT2D eigenvalue weighted by Crippen LogP contribution is 2.15. The van der Waals surface area contributed by atoms with Crippen LogP contribution in [-0.2, 0) is 24.1 Å². The summed E-state index contributed by atoms with van der Waals surface area (Å²) in [5.74, 6) is 2.15. The molecule has 1 aliphatic rings. The minimum Gasteiger partial charge on any atom is -0.380 e. The number of ether oxygens (including phenoxy) is 1. The van der Waals surface area contributed by atoms with Gasteiger partial charge in [0, 0.05) is 33.0 Å². The van der Waals surface area contributed by atoms with Crippen LogP contribution < -0.4 is 5.73 Å². The molecule has 0 radical (unpaired) electrons. The molecule has 0 saturated carbocycles. The number of methoxy groups -OCH3 is 1. The first-order valence-corrected chi connectivity index (χ1v) is 5.99. The van der Waals surface area contributed by atoms with Crippen LogP contribution in [0.1, 0.15) is 30.9 Å². The van der Waals surface area contributed by atoms with Gasteiger partial charge in [-0.3, -0.25) is 0 Å². The van der Waals surface area contributed by atoms with Gasteiger partial charge in [-0.15, -0.1) is 10.2 Å². The fourth-order valence-corrected chi connectivity index (χ4v) is 2.16. The van der Waals surface area contributed by atoms with E-state index in [1.807, 2.05) is 0 Å². The Hall–Kier alpha value is -0.940. The monoisotopic (exact) mass is 224 g/mol. The third-order valence-electron chi connectivity index (χ3n) is 3.19. The van der Waals surface area contributed by atoms with Crippen LogP contribution in [0.3, 0.4) is 0 Å². The first-order valence-electron chi connectivity index (χ1n) is 5.99. The van der Waals surface area contributed by atoms with Crippen LogP contribution in [0.2, 0.25) is 0 Å². The molecular weight excluding hydrogens is 204 g/mol. The molecule has 1 aromatic heterocycles. The zero-order valence-electron chi connectivity index (χ0n) is 9.85. The van der Waals surface area contributed by atoms with Crippen molar-refractivity contribution in [1.82, 2.24) is 14.8 Å². The minimum atomic E-state index is 0.0524. The molecule has 0 saturated heterocycles. The zero-order valence-corrected chi connectivity index (χ0v) is 9.85. The zero-order chi connectivity index (χ0) is 11.4. The topological polar surface area (TPSA) is 66.0 Å². The van der Waals surface area contributed by atoms with E-state index in [-0.39, 0.29) is 6.10 Å². The number of nitrogens with two attached hydrogens (primary N) is 1. The van der Waals surface area contributed by atoms with E-state index in [1.165, 1.54) is 19.3 Å². The normalized spacial score (nSPS) is 17.9. The van der Waals surface area contributed by atoms with Crippen molar-refractivity contribution in [3.8, 4) is 0 Å². The molecule has 90 valence electrons. The summed E-state index contributed by atoms with van der Waals surface area (Å²) in [5.41, 5.74) is 5.62. The summed E-state index contributed by atoms with van der Waals surface area (Å²) in [6, 6.07) is 0. The summed E-state index contributed by atoms with van der Waals surface area (Å²) >= 11 is 0. The maximum Gasteiger partial charge on any atom is 0.135 e. The van der Waals surface area contributed by atoms with Gasteiger partial charge in [-0.1, -0.05) is 6.42 Å². The molecule has 0 fully saturated rings. The maximum atomic E-state index is 5.62. The average Bonchev–Trinajstić information content (AvgIpc) is 2.54. The van der Waals surface area contributed by atoms with Crippen LogP contribution in [0, 0.1) is 0 Å². The Morgan fingerprint density at radius 1 is 1.38 bits per heavy atom. The van der Waals surface area contributed by atoms with Crippen molar-refractivity contribution in [1.29, 1.82) is 0 Å². The van der Waals surface area contributed by atoms with E-state index in [1.54, 1.807) is 7.11 Å². The second-order valence-electron chi connectivity index (χ2n) is 4.29. The fraction of sp³-hybridized carbons (Fsp3) is 0.818. The molecule has 1 aliphatic heterocycles. The summed E-state index contributed by atoms with van der Waals surface area (Å²) in [6.45, 7) is 1.57. The molecule has 1 atom stereocenters. The summed E-state index contributed by atoms with van der Waals surface area (Å²) in [4.78, 5) is 0. The Bertz CT molecular complexity index is 333. The van der Waals surface area contributed by atoms with E-state index in [0.29, 0.717) is 6.54 Å². The molecule has 1 aromatic rings. The van der Waals surface area contributed by atoms with Crippen LogP contribution in [0.25, 0.3) is 0 Å². The van der Waals surface area contributed by atoms with Crippen LogP contribution >= 0.6 is 0 Å². The predicted molar refractivity (Wildman–Crippen MR) is 61.1 cm³/mol. The van der Waals surface area contributed by atoms with E-state index < -0.39 is 0 Å². The number of aromatic nitrogens is 3. The van der Waals surface area contributed by atoms with Gasteiger partial charge in [0.15, 0.2) is 0 Å². The van der Waals surface area contributed by atoms with E-state index in [0.717, 1.165) is 31.0 Å². The highest BCUT2D eigenvalue weighted by molar-refractivity contribution is 4.99. The molecule has 16 heavy (non-hydrogen) atoms. The molecule has 2 N–H and O–H groups in total. The van der Waals surface area contributed by atoms with Gasteiger partial charge in [-0.05, 0) is 12.8 Å². The quantitative estimate of drug-likeness (QED) is 0.809. The Labute approximate surface area is 96.0 Å². The summed E-state index contributed by atoms with van der Waals surface area (Å²) < 4.78 is 7.53. The Kier molecular flexibility index (Phi) is 3.90. The molecule has 2 rings (SSSR count). The average molecular weight is 224 g/mol. The van der Waals surface area contributed by atoms with Crippen LogP contribution in [0.5, 0.6) is 0 Å². The number of rotatable bonds is 4. The predicted octanol–water partition coefficient (Wildman–Crippen LogP) is 0.521. The first-order chi connectivity index (χ1) is 7.85. The molecule has 0 bridgehead atoms. The van der Waals surface area contributed by atoms with Crippen molar-refractivity contribution in [3.05, 3.63) is 11.6 Å². The van der Waals surface area contributed by atoms with Crippen LogP contribution in [0.4, 0.5) is 0 Å². The Morgan fingerprint density at radius 2 is 2.25 bits per heavy atom. The van der Waals surface area contributed by atoms with Gasteiger partial charge in [-0.2, -0.15) is 0 Å². The van der Waals surface area contributed by atoms with Crippen LogP contribution in [-0.4, -0.2) is 34.5 Å². The number of hydrogen-bond donors (Lipinski definition) is 1. The summed E-state index contributed by atoms with van der Waals surface area (Å²) in [7, 11) is 1.69. The molecule has 1 unspecified atom stereocenters. The lowest BCUT2D eigenvalue weighted by Gasteiger charge is -2.13. The van der Waals surface area contributed by atoms with Crippen molar-refractivity contribution >= 4 is 0 Å². The fourth-order valence-electron chi connectivity index (χ4n) is 2.16. The maximum absolute atomic E-state index is 5.62. The van der Waals surface area contributed by atoms with Gasteiger partial charge in [0.2, 0.25) is 0 Å². The third-order valence-corrected chi connectivity index (χ3v) is 3.19. The van der Waals surface area contributed by atoms with Gasteiger partial charge in [0.25, 0.3) is 0 Å². The lowest BCUT2D eigenvalue weighted by atomic mass is 10.2. The molecule has 0 aliphatic carbocycles. The van der Waals surface area contributed by atoms with E-state index in [9.17, 15) is 0 Å². The first kappa shape index (κ1) is 11.5. The number of fused-ring (bicyclic) bond motifs is 1. The summed E-state index contributed by atoms with van der Waals surface area (Å²) in [5, 5.41) is 8.51. The van der Waals surface area contributed by atoms with Crippen molar-refractivity contribution in [2.45, 2.75) is 44.8 Å². The van der Waals surface area contributed by atoms with Crippen molar-refractivity contribution in [2.75, 3.05) is 13.7 Å². The summed E-state index contributed by atoms with van der Waals surface area (Å²) in [6.07, 6.45) is 5.60. The third kappa shape index (κ3) is 2.41. The van der Waals surface area contributed by atoms with Gasteiger partial charge in [0.1, 0.15) is 11.6 Å². The SMILES string of the molecule is COC(CN)Cc1nnc2n1CCCCC2. The van der Waals surface area contributed by atoms with Gasteiger partial charge in [0.05, 0.1) is 6.10 Å². The lowest BCUT2D eigenvalue weighted by molar-refractivity contribution is 0.107. The highest BCUT2D eigenvalue weighted by atomic mass is 16.5. The standard InChI is InChI=1S/C11H20N4O/c1-16-9(8-12)7-11-14-13-10-5-3-2-4-6-15(10)11/h9H,2-8,12H2,1H3. The van der Waals surface area contributed by atoms with Crippen molar-refractivity contribution in [2.24, 2.45) is 5.73 Å². The van der Waals surface area contributed by atoms with Gasteiger partial charge in [-0.25, -0.2) is 0 Å². The molecule has 5 nitrogen and oxygen atoms in total.